The zero-order valence-corrected chi connectivity index (χ0v) is 12.8. The Hall–Kier alpha value is -1.56. The lowest BCUT2D eigenvalue weighted by Gasteiger charge is -2.31. The lowest BCUT2D eigenvalue weighted by atomic mass is 9.99. The first-order valence-corrected chi connectivity index (χ1v) is 7.61. The van der Waals surface area contributed by atoms with Crippen molar-refractivity contribution in [3.05, 3.63) is 29.1 Å². The fourth-order valence-electron chi connectivity index (χ4n) is 3.30. The first kappa shape index (κ1) is 15.3. The third-order valence-electron chi connectivity index (χ3n) is 4.22. The van der Waals surface area contributed by atoms with Gasteiger partial charge in [0.15, 0.2) is 0 Å². The number of fused-ring (bicyclic) bond motifs is 1. The normalized spacial score (nSPS) is 20.7. The van der Waals surface area contributed by atoms with Crippen molar-refractivity contribution < 1.29 is 13.2 Å². The highest BCUT2D eigenvalue weighted by Gasteiger charge is 2.34. The van der Waals surface area contributed by atoms with E-state index in [0.29, 0.717) is 29.4 Å². The fourth-order valence-corrected chi connectivity index (χ4v) is 3.30. The van der Waals surface area contributed by atoms with Crippen LogP contribution in [0.15, 0.2) is 12.1 Å². The predicted octanol–water partition coefficient (Wildman–Crippen LogP) is 4.12. The van der Waals surface area contributed by atoms with E-state index in [-0.39, 0.29) is 5.52 Å². The summed E-state index contributed by atoms with van der Waals surface area (Å²) in [5, 5.41) is 0. The van der Waals surface area contributed by atoms with E-state index in [2.05, 4.69) is 21.8 Å². The van der Waals surface area contributed by atoms with Crippen LogP contribution < -0.4 is 0 Å². The fraction of sp³-hybridized carbons (Fsp3) is 0.562. The highest BCUT2D eigenvalue weighted by atomic mass is 19.4. The molecule has 3 nitrogen and oxygen atoms in total. The summed E-state index contributed by atoms with van der Waals surface area (Å²) in [5.74, 6) is 1.11. The minimum atomic E-state index is -4.38. The molecule has 1 aliphatic rings. The van der Waals surface area contributed by atoms with Crippen LogP contribution in [0.3, 0.4) is 0 Å². The van der Waals surface area contributed by atoms with Gasteiger partial charge in [0.2, 0.25) is 0 Å². The Morgan fingerprint density at radius 1 is 1.36 bits per heavy atom. The minimum absolute atomic E-state index is 0.0146. The summed E-state index contributed by atoms with van der Waals surface area (Å²) < 4.78 is 39.8. The van der Waals surface area contributed by atoms with Crippen molar-refractivity contribution in [2.75, 3.05) is 13.1 Å². The van der Waals surface area contributed by atoms with Crippen molar-refractivity contribution in [1.82, 2.24) is 14.9 Å². The predicted molar refractivity (Wildman–Crippen MR) is 79.5 cm³/mol. The van der Waals surface area contributed by atoms with E-state index < -0.39 is 11.7 Å². The summed E-state index contributed by atoms with van der Waals surface area (Å²) in [6.45, 7) is 6.31. The second kappa shape index (κ2) is 5.57. The van der Waals surface area contributed by atoms with E-state index in [0.717, 1.165) is 19.5 Å². The molecular weight excluding hydrogens is 291 g/mol. The summed E-state index contributed by atoms with van der Waals surface area (Å²) in [6.07, 6.45) is -2.08. The van der Waals surface area contributed by atoms with Crippen LogP contribution in [0.25, 0.3) is 11.0 Å². The molecule has 1 aliphatic heterocycles. The van der Waals surface area contributed by atoms with E-state index in [4.69, 9.17) is 0 Å². The van der Waals surface area contributed by atoms with Crippen molar-refractivity contribution >= 4 is 11.0 Å². The van der Waals surface area contributed by atoms with Crippen molar-refractivity contribution in [1.29, 1.82) is 0 Å². The number of hydrogen-bond donors (Lipinski definition) is 1. The molecule has 0 aliphatic carbocycles. The molecule has 1 N–H and O–H groups in total. The van der Waals surface area contributed by atoms with Crippen LogP contribution in [0.5, 0.6) is 0 Å². The molecule has 0 amide bonds. The molecule has 1 fully saturated rings. The van der Waals surface area contributed by atoms with Gasteiger partial charge in [-0.1, -0.05) is 6.92 Å². The second-order valence-electron chi connectivity index (χ2n) is 6.34. The molecule has 3 rings (SSSR count). The SMILES string of the molecule is Cc1nc2c(C(F)(F)F)cc(CN3CCC[C@H](C)C3)cc2[nH]1. The molecule has 2 heterocycles. The maximum absolute atomic E-state index is 13.3. The number of aromatic nitrogens is 2. The number of alkyl halides is 3. The molecule has 0 unspecified atom stereocenters. The highest BCUT2D eigenvalue weighted by Crippen LogP contribution is 2.35. The Morgan fingerprint density at radius 2 is 2.14 bits per heavy atom. The number of halogens is 3. The molecule has 0 saturated carbocycles. The van der Waals surface area contributed by atoms with Crippen LogP contribution in [-0.4, -0.2) is 28.0 Å². The van der Waals surface area contributed by atoms with Crippen molar-refractivity contribution in [2.24, 2.45) is 5.92 Å². The van der Waals surface area contributed by atoms with Gasteiger partial charge in [-0.05, 0) is 49.9 Å². The number of benzene rings is 1. The number of H-pyrrole nitrogens is 1. The smallest absolute Gasteiger partial charge is 0.342 e. The molecule has 1 aromatic carbocycles. The number of aromatic amines is 1. The Morgan fingerprint density at radius 3 is 2.82 bits per heavy atom. The maximum atomic E-state index is 13.3. The van der Waals surface area contributed by atoms with E-state index in [1.54, 1.807) is 13.0 Å². The lowest BCUT2D eigenvalue weighted by Crippen LogP contribution is -2.33. The monoisotopic (exact) mass is 311 g/mol. The first-order chi connectivity index (χ1) is 10.3. The minimum Gasteiger partial charge on any atom is -0.342 e. The Bertz CT molecular complexity index is 675. The number of hydrogen-bond acceptors (Lipinski definition) is 2. The molecule has 0 bridgehead atoms. The van der Waals surface area contributed by atoms with Gasteiger partial charge in [-0.3, -0.25) is 4.90 Å². The Kier molecular flexibility index (Phi) is 3.89. The molecule has 1 atom stereocenters. The van der Waals surface area contributed by atoms with Gasteiger partial charge in [0, 0.05) is 13.1 Å². The number of nitrogens with one attached hydrogen (secondary N) is 1. The van der Waals surface area contributed by atoms with Crippen molar-refractivity contribution in [3.8, 4) is 0 Å². The van der Waals surface area contributed by atoms with Gasteiger partial charge >= 0.3 is 6.18 Å². The van der Waals surface area contributed by atoms with Crippen molar-refractivity contribution in [3.63, 3.8) is 0 Å². The summed E-state index contributed by atoms with van der Waals surface area (Å²) in [6, 6.07) is 3.05. The molecule has 0 spiro atoms. The molecule has 6 heteroatoms. The molecule has 1 saturated heterocycles. The van der Waals surface area contributed by atoms with E-state index >= 15 is 0 Å². The van der Waals surface area contributed by atoms with Gasteiger partial charge < -0.3 is 4.98 Å². The first-order valence-electron chi connectivity index (χ1n) is 7.61. The summed E-state index contributed by atoms with van der Waals surface area (Å²) in [5.41, 5.74) is 0.528. The quantitative estimate of drug-likeness (QED) is 0.904. The lowest BCUT2D eigenvalue weighted by molar-refractivity contribution is -0.136. The van der Waals surface area contributed by atoms with Gasteiger partial charge in [0.1, 0.15) is 11.3 Å². The number of imidazole rings is 1. The van der Waals surface area contributed by atoms with Gasteiger partial charge in [-0.15, -0.1) is 0 Å². The molecular formula is C16H20F3N3. The van der Waals surface area contributed by atoms with E-state index in [1.165, 1.54) is 12.5 Å². The molecule has 120 valence electrons. The molecule has 2 aromatic rings. The maximum Gasteiger partial charge on any atom is 0.418 e. The summed E-state index contributed by atoms with van der Waals surface area (Å²) in [7, 11) is 0. The van der Waals surface area contributed by atoms with Crippen molar-refractivity contribution in [2.45, 2.75) is 39.4 Å². The Labute approximate surface area is 127 Å². The summed E-state index contributed by atoms with van der Waals surface area (Å²) in [4.78, 5) is 9.15. The molecule has 22 heavy (non-hydrogen) atoms. The van der Waals surface area contributed by atoms with Crippen LogP contribution in [0.2, 0.25) is 0 Å². The average molecular weight is 311 g/mol. The Balaban J connectivity index is 1.96. The van der Waals surface area contributed by atoms with Crippen LogP contribution in [0, 0.1) is 12.8 Å². The zero-order chi connectivity index (χ0) is 15.9. The third-order valence-corrected chi connectivity index (χ3v) is 4.22. The average Bonchev–Trinajstić information content (AvgIpc) is 2.76. The number of rotatable bonds is 2. The van der Waals surface area contributed by atoms with E-state index in [1.807, 2.05) is 0 Å². The van der Waals surface area contributed by atoms with Crippen LogP contribution >= 0.6 is 0 Å². The zero-order valence-electron chi connectivity index (χ0n) is 12.8. The second-order valence-corrected chi connectivity index (χ2v) is 6.34. The molecule has 1 aromatic heterocycles. The van der Waals surface area contributed by atoms with Gasteiger partial charge in [0.05, 0.1) is 11.1 Å². The number of nitrogens with zero attached hydrogens (tertiary/aromatic N) is 2. The standard InChI is InChI=1S/C16H20F3N3/c1-10-4-3-5-22(8-10)9-12-6-13(16(17,18)19)15-14(7-12)20-11(2)21-15/h6-7,10H,3-5,8-9H2,1-2H3,(H,20,21)/t10-/m0/s1. The van der Waals surface area contributed by atoms with Gasteiger partial charge in [-0.2, -0.15) is 13.2 Å². The topological polar surface area (TPSA) is 31.9 Å². The number of aryl methyl sites for hydroxylation is 1. The van der Waals surface area contributed by atoms with Crippen LogP contribution in [-0.2, 0) is 12.7 Å². The summed E-state index contributed by atoms with van der Waals surface area (Å²) >= 11 is 0. The highest BCUT2D eigenvalue weighted by molar-refractivity contribution is 5.80. The van der Waals surface area contributed by atoms with Crippen LogP contribution in [0.1, 0.15) is 36.7 Å². The molecule has 0 radical (unpaired) electrons. The van der Waals surface area contributed by atoms with E-state index in [9.17, 15) is 13.2 Å². The largest absolute Gasteiger partial charge is 0.418 e. The number of likely N-dealkylation sites (tertiary alicyclic amines) is 1. The van der Waals surface area contributed by atoms with Gasteiger partial charge in [-0.25, -0.2) is 4.98 Å². The van der Waals surface area contributed by atoms with Gasteiger partial charge in [0.25, 0.3) is 0 Å². The third kappa shape index (κ3) is 3.11. The van der Waals surface area contributed by atoms with Crippen LogP contribution in [0.4, 0.5) is 13.2 Å². The number of piperidine rings is 1.